The molecular formula is C17H25NO2. The van der Waals surface area contributed by atoms with E-state index in [0.717, 1.165) is 32.2 Å². The molecular weight excluding hydrogens is 250 g/mol. The third kappa shape index (κ3) is 3.40. The fraction of sp³-hybridized carbons (Fsp3) is 0.588. The van der Waals surface area contributed by atoms with Gasteiger partial charge in [-0.25, -0.2) is 0 Å². The maximum Gasteiger partial charge on any atom is 0.306 e. The fourth-order valence-electron chi connectivity index (χ4n) is 3.35. The molecule has 1 saturated heterocycles. The van der Waals surface area contributed by atoms with Crippen LogP contribution in [0.1, 0.15) is 51.1 Å². The lowest BCUT2D eigenvalue weighted by molar-refractivity contribution is -0.144. The van der Waals surface area contributed by atoms with Crippen LogP contribution >= 0.6 is 0 Å². The Balaban J connectivity index is 2.13. The molecule has 0 spiro atoms. The van der Waals surface area contributed by atoms with E-state index < -0.39 is 5.97 Å². The summed E-state index contributed by atoms with van der Waals surface area (Å²) in [4.78, 5) is 13.7. The van der Waals surface area contributed by atoms with Crippen LogP contribution in [0, 0.1) is 5.92 Å². The summed E-state index contributed by atoms with van der Waals surface area (Å²) in [5, 5.41) is 9.18. The van der Waals surface area contributed by atoms with Crippen LogP contribution in [0.3, 0.4) is 0 Å². The zero-order valence-electron chi connectivity index (χ0n) is 12.5. The predicted molar refractivity (Wildman–Crippen MR) is 80.6 cm³/mol. The van der Waals surface area contributed by atoms with E-state index in [-0.39, 0.29) is 5.92 Å². The molecule has 1 aliphatic rings. The van der Waals surface area contributed by atoms with Gasteiger partial charge in [-0.3, -0.25) is 9.69 Å². The van der Waals surface area contributed by atoms with E-state index in [2.05, 4.69) is 43.0 Å². The molecule has 3 heteroatoms. The van der Waals surface area contributed by atoms with Gasteiger partial charge >= 0.3 is 5.97 Å². The summed E-state index contributed by atoms with van der Waals surface area (Å²) in [6.07, 6.45) is 3.81. The minimum absolute atomic E-state index is 0.167. The van der Waals surface area contributed by atoms with Crippen LogP contribution in [0.15, 0.2) is 30.3 Å². The normalized spacial score (nSPS) is 25.3. The Morgan fingerprint density at radius 2 is 2.10 bits per heavy atom. The molecule has 3 nitrogen and oxygen atoms in total. The molecule has 0 saturated carbocycles. The number of carboxylic acids is 1. The van der Waals surface area contributed by atoms with Gasteiger partial charge in [-0.15, -0.1) is 0 Å². The van der Waals surface area contributed by atoms with E-state index >= 15 is 0 Å². The Labute approximate surface area is 121 Å². The molecule has 0 radical (unpaired) electrons. The molecule has 110 valence electrons. The number of likely N-dealkylation sites (tertiary alicyclic amines) is 1. The zero-order chi connectivity index (χ0) is 14.5. The first-order chi connectivity index (χ1) is 9.63. The molecule has 0 aromatic heterocycles. The predicted octanol–water partition coefficient (Wildman–Crippen LogP) is 3.71. The second-order valence-corrected chi connectivity index (χ2v) is 5.86. The molecule has 0 amide bonds. The summed E-state index contributed by atoms with van der Waals surface area (Å²) in [7, 11) is 0. The van der Waals surface area contributed by atoms with Gasteiger partial charge in [-0.05, 0) is 38.3 Å². The lowest BCUT2D eigenvalue weighted by Crippen LogP contribution is -2.44. The summed E-state index contributed by atoms with van der Waals surface area (Å²) in [5.41, 5.74) is 1.36. The van der Waals surface area contributed by atoms with Crippen molar-refractivity contribution in [3.8, 4) is 0 Å². The molecule has 1 fully saturated rings. The van der Waals surface area contributed by atoms with Crippen molar-refractivity contribution in [2.75, 3.05) is 6.54 Å². The second-order valence-electron chi connectivity index (χ2n) is 5.86. The number of nitrogens with zero attached hydrogens (tertiary/aromatic N) is 1. The molecule has 1 aromatic rings. The van der Waals surface area contributed by atoms with E-state index in [1.807, 2.05) is 6.07 Å². The highest BCUT2D eigenvalue weighted by atomic mass is 16.4. The van der Waals surface area contributed by atoms with E-state index in [4.69, 9.17) is 0 Å². The molecule has 2 rings (SSSR count). The third-order valence-electron chi connectivity index (χ3n) is 4.42. The van der Waals surface area contributed by atoms with Crippen molar-refractivity contribution in [1.29, 1.82) is 0 Å². The summed E-state index contributed by atoms with van der Waals surface area (Å²) < 4.78 is 0. The number of carbonyl (C=O) groups is 1. The molecule has 0 bridgehead atoms. The lowest BCUT2D eigenvalue weighted by atomic mass is 9.88. The Hall–Kier alpha value is -1.35. The topological polar surface area (TPSA) is 40.5 Å². The van der Waals surface area contributed by atoms with E-state index in [0.29, 0.717) is 12.1 Å². The van der Waals surface area contributed by atoms with Crippen LogP contribution in [0.25, 0.3) is 0 Å². The molecule has 3 unspecified atom stereocenters. The van der Waals surface area contributed by atoms with Crippen molar-refractivity contribution in [3.63, 3.8) is 0 Å². The zero-order valence-corrected chi connectivity index (χ0v) is 12.5. The highest BCUT2D eigenvalue weighted by molar-refractivity contribution is 5.70. The first-order valence-electron chi connectivity index (χ1n) is 7.67. The Kier molecular flexibility index (Phi) is 5.18. The minimum Gasteiger partial charge on any atom is -0.481 e. The Morgan fingerprint density at radius 3 is 2.65 bits per heavy atom. The lowest BCUT2D eigenvalue weighted by Gasteiger charge is -2.41. The van der Waals surface area contributed by atoms with Crippen molar-refractivity contribution < 1.29 is 9.90 Å². The van der Waals surface area contributed by atoms with Crippen LogP contribution in [0.5, 0.6) is 0 Å². The smallest absolute Gasteiger partial charge is 0.306 e. The maximum atomic E-state index is 11.2. The summed E-state index contributed by atoms with van der Waals surface area (Å²) in [5.74, 6) is -0.803. The molecule has 1 aliphatic heterocycles. The van der Waals surface area contributed by atoms with Crippen LogP contribution < -0.4 is 0 Å². The maximum absolute atomic E-state index is 11.2. The number of hydrogen-bond donors (Lipinski definition) is 1. The minimum atomic E-state index is -0.636. The van der Waals surface area contributed by atoms with E-state index in [9.17, 15) is 9.90 Å². The van der Waals surface area contributed by atoms with Crippen molar-refractivity contribution in [2.24, 2.45) is 5.92 Å². The van der Waals surface area contributed by atoms with Gasteiger partial charge in [0.1, 0.15) is 0 Å². The summed E-state index contributed by atoms with van der Waals surface area (Å²) >= 11 is 0. The SMILES string of the molecule is CCCC(c1ccccc1)N1CCC(C(=O)O)CC1C. The van der Waals surface area contributed by atoms with Crippen molar-refractivity contribution in [3.05, 3.63) is 35.9 Å². The van der Waals surface area contributed by atoms with Crippen LogP contribution in [-0.2, 0) is 4.79 Å². The number of aliphatic carboxylic acids is 1. The van der Waals surface area contributed by atoms with Crippen molar-refractivity contribution in [1.82, 2.24) is 4.90 Å². The number of carboxylic acid groups (broad SMARTS) is 1. The highest BCUT2D eigenvalue weighted by Crippen LogP contribution is 2.33. The van der Waals surface area contributed by atoms with Crippen LogP contribution in [0.4, 0.5) is 0 Å². The molecule has 0 aliphatic carbocycles. The van der Waals surface area contributed by atoms with Crippen LogP contribution in [0.2, 0.25) is 0 Å². The van der Waals surface area contributed by atoms with E-state index in [1.54, 1.807) is 0 Å². The number of benzene rings is 1. The quantitative estimate of drug-likeness (QED) is 0.890. The Morgan fingerprint density at radius 1 is 1.40 bits per heavy atom. The van der Waals surface area contributed by atoms with Gasteiger partial charge in [0.15, 0.2) is 0 Å². The number of rotatable bonds is 5. The van der Waals surface area contributed by atoms with Gasteiger partial charge in [-0.1, -0.05) is 43.7 Å². The first-order valence-corrected chi connectivity index (χ1v) is 7.67. The second kappa shape index (κ2) is 6.89. The fourth-order valence-corrected chi connectivity index (χ4v) is 3.35. The average Bonchev–Trinajstić information content (AvgIpc) is 2.46. The standard InChI is InChI=1S/C17H25NO2/c1-3-7-16(14-8-5-4-6-9-14)18-11-10-15(17(19)20)12-13(18)2/h4-6,8-9,13,15-16H,3,7,10-12H2,1-2H3,(H,19,20). The van der Waals surface area contributed by atoms with Gasteiger partial charge in [0.05, 0.1) is 5.92 Å². The molecule has 1 heterocycles. The first kappa shape index (κ1) is 15.0. The van der Waals surface area contributed by atoms with Gasteiger partial charge in [-0.2, -0.15) is 0 Å². The van der Waals surface area contributed by atoms with Gasteiger partial charge in [0.2, 0.25) is 0 Å². The number of hydrogen-bond acceptors (Lipinski definition) is 2. The molecule has 3 atom stereocenters. The van der Waals surface area contributed by atoms with Gasteiger partial charge in [0.25, 0.3) is 0 Å². The van der Waals surface area contributed by atoms with Gasteiger partial charge in [0, 0.05) is 12.1 Å². The third-order valence-corrected chi connectivity index (χ3v) is 4.42. The monoisotopic (exact) mass is 275 g/mol. The molecule has 1 aromatic carbocycles. The largest absolute Gasteiger partial charge is 0.481 e. The highest BCUT2D eigenvalue weighted by Gasteiger charge is 2.33. The Bertz CT molecular complexity index is 432. The van der Waals surface area contributed by atoms with Gasteiger partial charge < -0.3 is 5.11 Å². The summed E-state index contributed by atoms with van der Waals surface area (Å²) in [6.45, 7) is 5.27. The molecule has 1 N–H and O–H groups in total. The van der Waals surface area contributed by atoms with Crippen molar-refractivity contribution >= 4 is 5.97 Å². The average molecular weight is 275 g/mol. The van der Waals surface area contributed by atoms with E-state index in [1.165, 1.54) is 5.56 Å². The number of piperidine rings is 1. The van der Waals surface area contributed by atoms with Crippen LogP contribution in [-0.4, -0.2) is 28.6 Å². The molecule has 20 heavy (non-hydrogen) atoms. The summed E-state index contributed by atoms with van der Waals surface area (Å²) in [6, 6.07) is 11.4. The van der Waals surface area contributed by atoms with Crippen molar-refractivity contribution in [2.45, 2.75) is 51.6 Å².